The number of thiophene rings is 1. The third-order valence-corrected chi connectivity index (χ3v) is 9.52. The Morgan fingerprint density at radius 2 is 1.30 bits per heavy atom. The standard InChI is InChI=1S/C34H40N2O3S/c1-25-22-30-31(23-26-6-10-28(11-7-26)38-20-18-35-14-2-3-15-35)34(40-33(30)24-32(25)37)27-8-12-29(13-9-27)39-21-19-36-16-4-5-17-36/h6-13,22,24,37H,2-5,14-21,23H2,1H3. The molecule has 3 aromatic carbocycles. The fraction of sp³-hybridized carbons (Fsp3) is 0.412. The third kappa shape index (κ3) is 6.46. The highest BCUT2D eigenvalue weighted by Gasteiger charge is 2.17. The van der Waals surface area contributed by atoms with Crippen LogP contribution in [0.2, 0.25) is 0 Å². The highest BCUT2D eigenvalue weighted by molar-refractivity contribution is 7.22. The van der Waals surface area contributed by atoms with Crippen molar-refractivity contribution in [2.75, 3.05) is 52.5 Å². The summed E-state index contributed by atoms with van der Waals surface area (Å²) in [7, 11) is 0. The zero-order chi connectivity index (χ0) is 27.3. The van der Waals surface area contributed by atoms with Crippen molar-refractivity contribution >= 4 is 21.4 Å². The van der Waals surface area contributed by atoms with Crippen molar-refractivity contribution in [1.82, 2.24) is 9.80 Å². The summed E-state index contributed by atoms with van der Waals surface area (Å²) in [5.41, 5.74) is 4.64. The first-order chi connectivity index (χ1) is 19.6. The molecule has 210 valence electrons. The molecule has 4 aromatic rings. The molecule has 2 aliphatic heterocycles. The molecule has 0 aliphatic carbocycles. The van der Waals surface area contributed by atoms with Crippen molar-refractivity contribution in [2.45, 2.75) is 39.0 Å². The van der Waals surface area contributed by atoms with E-state index < -0.39 is 0 Å². The summed E-state index contributed by atoms with van der Waals surface area (Å²) in [6.45, 7) is 10.2. The fourth-order valence-electron chi connectivity index (χ4n) is 5.91. The summed E-state index contributed by atoms with van der Waals surface area (Å²) in [5, 5.41) is 11.6. The molecule has 5 nitrogen and oxygen atoms in total. The van der Waals surface area contributed by atoms with Crippen LogP contribution in [0.4, 0.5) is 0 Å². The molecule has 2 saturated heterocycles. The predicted octanol–water partition coefficient (Wildman–Crippen LogP) is 7.12. The van der Waals surface area contributed by atoms with Gasteiger partial charge in [0.2, 0.25) is 0 Å². The number of phenols is 1. The maximum atomic E-state index is 10.4. The normalized spacial score (nSPS) is 16.2. The first-order valence-electron chi connectivity index (χ1n) is 14.8. The first kappa shape index (κ1) is 27.1. The van der Waals surface area contributed by atoms with E-state index in [1.807, 2.05) is 13.0 Å². The lowest BCUT2D eigenvalue weighted by Gasteiger charge is -2.15. The van der Waals surface area contributed by atoms with Crippen LogP contribution in [0.15, 0.2) is 60.7 Å². The van der Waals surface area contributed by atoms with Gasteiger partial charge < -0.3 is 14.6 Å². The lowest BCUT2D eigenvalue weighted by Crippen LogP contribution is -2.25. The third-order valence-electron chi connectivity index (χ3n) is 8.28. The molecule has 3 heterocycles. The Morgan fingerprint density at radius 1 is 0.750 bits per heavy atom. The highest BCUT2D eigenvalue weighted by atomic mass is 32.1. The summed E-state index contributed by atoms with van der Waals surface area (Å²) in [5.74, 6) is 2.20. The lowest BCUT2D eigenvalue weighted by atomic mass is 9.98. The van der Waals surface area contributed by atoms with Gasteiger partial charge in [0.1, 0.15) is 30.5 Å². The van der Waals surface area contributed by atoms with E-state index in [0.29, 0.717) is 5.75 Å². The number of fused-ring (bicyclic) bond motifs is 1. The number of nitrogens with zero attached hydrogens (tertiary/aromatic N) is 2. The Kier molecular flexibility index (Phi) is 8.57. The maximum absolute atomic E-state index is 10.4. The number of rotatable bonds is 11. The van der Waals surface area contributed by atoms with Crippen LogP contribution in [0.25, 0.3) is 20.5 Å². The topological polar surface area (TPSA) is 45.2 Å². The number of aryl methyl sites for hydroxylation is 1. The monoisotopic (exact) mass is 556 g/mol. The van der Waals surface area contributed by atoms with Crippen molar-refractivity contribution in [2.24, 2.45) is 0 Å². The van der Waals surface area contributed by atoms with E-state index in [-0.39, 0.29) is 0 Å². The van der Waals surface area contributed by atoms with Gasteiger partial charge in [-0.05, 0) is 141 Å². The van der Waals surface area contributed by atoms with Gasteiger partial charge in [0.25, 0.3) is 0 Å². The lowest BCUT2D eigenvalue weighted by molar-refractivity contribution is 0.237. The number of phenolic OH excluding ortho intramolecular Hbond substituents is 1. The van der Waals surface area contributed by atoms with E-state index in [2.05, 4.69) is 64.4 Å². The molecule has 6 heteroatoms. The quantitative estimate of drug-likeness (QED) is 0.213. The van der Waals surface area contributed by atoms with Gasteiger partial charge in [0.15, 0.2) is 0 Å². The molecule has 2 fully saturated rings. The van der Waals surface area contributed by atoms with Crippen LogP contribution >= 0.6 is 11.3 Å². The molecular weight excluding hydrogens is 516 g/mol. The van der Waals surface area contributed by atoms with Gasteiger partial charge >= 0.3 is 0 Å². The van der Waals surface area contributed by atoms with E-state index in [1.165, 1.54) is 78.8 Å². The van der Waals surface area contributed by atoms with Crippen LogP contribution in [-0.2, 0) is 6.42 Å². The highest BCUT2D eigenvalue weighted by Crippen LogP contribution is 2.42. The molecule has 0 radical (unpaired) electrons. The predicted molar refractivity (Wildman–Crippen MR) is 165 cm³/mol. The molecule has 2 aliphatic rings. The SMILES string of the molecule is Cc1cc2c(Cc3ccc(OCCN4CCCC4)cc3)c(-c3ccc(OCCN4CCCC4)cc3)sc2cc1O. The number of hydrogen-bond donors (Lipinski definition) is 1. The molecule has 40 heavy (non-hydrogen) atoms. The number of ether oxygens (including phenoxy) is 2. The van der Waals surface area contributed by atoms with Crippen LogP contribution < -0.4 is 9.47 Å². The molecule has 0 saturated carbocycles. The number of benzene rings is 3. The zero-order valence-corrected chi connectivity index (χ0v) is 24.3. The average molecular weight is 557 g/mol. The van der Waals surface area contributed by atoms with Gasteiger partial charge in [-0.2, -0.15) is 0 Å². The largest absolute Gasteiger partial charge is 0.508 e. The zero-order valence-electron chi connectivity index (χ0n) is 23.5. The summed E-state index contributed by atoms with van der Waals surface area (Å²) in [4.78, 5) is 6.20. The van der Waals surface area contributed by atoms with Crippen molar-refractivity contribution in [1.29, 1.82) is 0 Å². The Hall–Kier alpha value is -3.06. The van der Waals surface area contributed by atoms with Gasteiger partial charge in [-0.25, -0.2) is 0 Å². The molecule has 0 bridgehead atoms. The van der Waals surface area contributed by atoms with E-state index in [9.17, 15) is 5.11 Å². The van der Waals surface area contributed by atoms with E-state index in [4.69, 9.17) is 9.47 Å². The second-order valence-electron chi connectivity index (χ2n) is 11.2. The second-order valence-corrected chi connectivity index (χ2v) is 12.2. The molecule has 6 rings (SSSR count). The Bertz CT molecular complexity index is 1400. The molecule has 1 N–H and O–H groups in total. The van der Waals surface area contributed by atoms with Crippen LogP contribution in [-0.4, -0.2) is 67.4 Å². The van der Waals surface area contributed by atoms with Crippen molar-refractivity contribution < 1.29 is 14.6 Å². The molecular formula is C34H40N2O3S. The van der Waals surface area contributed by atoms with Crippen molar-refractivity contribution in [3.8, 4) is 27.7 Å². The molecule has 0 spiro atoms. The van der Waals surface area contributed by atoms with Crippen LogP contribution in [0, 0.1) is 6.92 Å². The van der Waals surface area contributed by atoms with Gasteiger partial charge in [-0.3, -0.25) is 9.80 Å². The van der Waals surface area contributed by atoms with Gasteiger partial charge in [-0.15, -0.1) is 11.3 Å². The maximum Gasteiger partial charge on any atom is 0.119 e. The summed E-state index contributed by atoms with van der Waals surface area (Å²) in [6.07, 6.45) is 6.05. The average Bonchev–Trinajstić information content (AvgIpc) is 3.74. The summed E-state index contributed by atoms with van der Waals surface area (Å²) in [6, 6.07) is 21.1. The van der Waals surface area contributed by atoms with Crippen LogP contribution in [0.1, 0.15) is 42.4 Å². The summed E-state index contributed by atoms with van der Waals surface area (Å²) < 4.78 is 13.2. The van der Waals surface area contributed by atoms with Crippen molar-refractivity contribution in [3.63, 3.8) is 0 Å². The first-order valence-corrected chi connectivity index (χ1v) is 15.6. The van der Waals surface area contributed by atoms with Gasteiger partial charge in [0, 0.05) is 22.7 Å². The van der Waals surface area contributed by atoms with Crippen LogP contribution in [0.3, 0.4) is 0 Å². The smallest absolute Gasteiger partial charge is 0.119 e. The number of likely N-dealkylation sites (tertiary alicyclic amines) is 2. The number of aromatic hydroxyl groups is 1. The minimum atomic E-state index is 0.351. The molecule has 0 unspecified atom stereocenters. The van der Waals surface area contributed by atoms with E-state index in [0.717, 1.165) is 54.5 Å². The van der Waals surface area contributed by atoms with Gasteiger partial charge in [0.05, 0.1) is 0 Å². The molecule has 0 amide bonds. The Labute approximate surface area is 242 Å². The van der Waals surface area contributed by atoms with Gasteiger partial charge in [-0.1, -0.05) is 12.1 Å². The second kappa shape index (κ2) is 12.6. The number of hydrogen-bond acceptors (Lipinski definition) is 6. The minimum absolute atomic E-state index is 0.351. The fourth-order valence-corrected chi connectivity index (χ4v) is 7.15. The van der Waals surface area contributed by atoms with Crippen LogP contribution in [0.5, 0.6) is 17.2 Å². The van der Waals surface area contributed by atoms with E-state index >= 15 is 0 Å². The molecule has 0 atom stereocenters. The Morgan fingerprint density at radius 3 is 1.88 bits per heavy atom. The summed E-state index contributed by atoms with van der Waals surface area (Å²) >= 11 is 1.75. The molecule has 1 aromatic heterocycles. The van der Waals surface area contributed by atoms with Crippen molar-refractivity contribution in [3.05, 3.63) is 77.4 Å². The van der Waals surface area contributed by atoms with E-state index in [1.54, 1.807) is 11.3 Å². The minimum Gasteiger partial charge on any atom is -0.508 e. The Balaban J connectivity index is 1.18.